The summed E-state index contributed by atoms with van der Waals surface area (Å²) in [7, 11) is 1.25. The molecule has 0 unspecified atom stereocenters. The van der Waals surface area contributed by atoms with E-state index in [0.29, 0.717) is 47.5 Å². The summed E-state index contributed by atoms with van der Waals surface area (Å²) in [6.45, 7) is 0.578. The maximum absolute atomic E-state index is 14.7. The van der Waals surface area contributed by atoms with E-state index in [4.69, 9.17) is 11.6 Å². The van der Waals surface area contributed by atoms with Gasteiger partial charge in [0.2, 0.25) is 5.91 Å². The molecule has 2 aliphatic rings. The molecule has 5 rings (SSSR count). The molecule has 3 aromatic rings. The van der Waals surface area contributed by atoms with E-state index in [1.807, 2.05) is 18.2 Å². The van der Waals surface area contributed by atoms with Gasteiger partial charge in [-0.05, 0) is 72.4 Å². The van der Waals surface area contributed by atoms with Crippen molar-refractivity contribution in [1.82, 2.24) is 15.2 Å². The molecule has 0 spiro atoms. The Kier molecular flexibility index (Phi) is 8.63. The number of benzene rings is 2. The van der Waals surface area contributed by atoms with Crippen LogP contribution in [0.25, 0.3) is 16.7 Å². The van der Waals surface area contributed by atoms with Crippen LogP contribution < -0.4 is 10.6 Å². The van der Waals surface area contributed by atoms with Gasteiger partial charge in [-0.3, -0.25) is 19.9 Å². The number of ether oxygens (including phenoxy) is 1. The number of carbonyl (C=O) groups excluding carboxylic acids is 3. The standard InChI is InChI=1S/C31H27ClF2N4O4/c1-42-31(41)37-20-6-7-21-18-10-13-35-25(15-18)26(5-3-2-4-12-36-30(40)22(21)17-20)38-14-11-19(16-27(38)39)28-24(33)9-8-23(32)29(28)34/h2-3,6-10,13,15-17,26H,4-5,11-12,14H2,1H3,(H,36,40)(H,37,41)/t26-/m0/s1. The van der Waals surface area contributed by atoms with Crippen molar-refractivity contribution in [2.45, 2.75) is 25.3 Å². The lowest BCUT2D eigenvalue weighted by molar-refractivity contribution is -0.128. The fraction of sp³-hybridized carbons (Fsp3) is 0.226. The van der Waals surface area contributed by atoms with Gasteiger partial charge in [-0.1, -0.05) is 29.8 Å². The lowest BCUT2D eigenvalue weighted by atomic mass is 9.94. The molecule has 3 heterocycles. The SMILES string of the molecule is COC(=O)Nc1ccc2c(c1)C(=O)NCCC=CC[C@H](N1CCC(c3c(F)ccc(Cl)c3F)=CC1=O)c1cc-2ccn1. The highest BCUT2D eigenvalue weighted by Crippen LogP contribution is 2.36. The molecule has 216 valence electrons. The van der Waals surface area contributed by atoms with E-state index in [9.17, 15) is 23.2 Å². The first-order valence-electron chi connectivity index (χ1n) is 13.3. The van der Waals surface area contributed by atoms with Gasteiger partial charge in [0.15, 0.2) is 5.82 Å². The summed E-state index contributed by atoms with van der Waals surface area (Å²) in [6, 6.07) is 10.3. The Morgan fingerprint density at radius 3 is 2.74 bits per heavy atom. The molecule has 2 aliphatic heterocycles. The number of pyridine rings is 1. The van der Waals surface area contributed by atoms with Crippen LogP contribution in [0.4, 0.5) is 19.3 Å². The molecule has 0 fully saturated rings. The molecule has 0 aliphatic carbocycles. The number of amides is 3. The molecular weight excluding hydrogens is 566 g/mol. The second-order valence-electron chi connectivity index (χ2n) is 9.78. The fourth-order valence-corrected chi connectivity index (χ4v) is 5.28. The van der Waals surface area contributed by atoms with Gasteiger partial charge in [0.25, 0.3) is 5.91 Å². The normalized spacial score (nSPS) is 17.2. The minimum Gasteiger partial charge on any atom is -0.453 e. The Morgan fingerprint density at radius 1 is 1.12 bits per heavy atom. The van der Waals surface area contributed by atoms with Crippen LogP contribution in [0, 0.1) is 11.6 Å². The first-order valence-corrected chi connectivity index (χ1v) is 13.7. The number of nitrogens with zero attached hydrogens (tertiary/aromatic N) is 2. The Morgan fingerprint density at radius 2 is 1.95 bits per heavy atom. The van der Waals surface area contributed by atoms with Crippen LogP contribution >= 0.6 is 11.6 Å². The highest BCUT2D eigenvalue weighted by Gasteiger charge is 2.30. The second kappa shape index (κ2) is 12.5. The number of halogens is 3. The van der Waals surface area contributed by atoms with E-state index >= 15 is 0 Å². The molecule has 8 nitrogen and oxygen atoms in total. The Hall–Kier alpha value is -4.57. The second-order valence-corrected chi connectivity index (χ2v) is 10.2. The largest absolute Gasteiger partial charge is 0.453 e. The van der Waals surface area contributed by atoms with Gasteiger partial charge >= 0.3 is 6.09 Å². The predicted octanol–water partition coefficient (Wildman–Crippen LogP) is 6.30. The van der Waals surface area contributed by atoms with Crippen LogP contribution in [0.3, 0.4) is 0 Å². The predicted molar refractivity (Wildman–Crippen MR) is 155 cm³/mol. The molecule has 0 radical (unpaired) electrons. The smallest absolute Gasteiger partial charge is 0.411 e. The fourth-order valence-electron chi connectivity index (χ4n) is 5.13. The van der Waals surface area contributed by atoms with Gasteiger partial charge in [-0.25, -0.2) is 13.6 Å². The van der Waals surface area contributed by atoms with Crippen LogP contribution in [-0.4, -0.2) is 48.0 Å². The minimum absolute atomic E-state index is 0.208. The van der Waals surface area contributed by atoms with E-state index in [1.54, 1.807) is 35.4 Å². The van der Waals surface area contributed by atoms with Crippen LogP contribution in [0.1, 0.15) is 46.9 Å². The molecule has 2 N–H and O–H groups in total. The molecule has 2 bridgehead atoms. The molecule has 0 saturated heterocycles. The monoisotopic (exact) mass is 592 g/mol. The third-order valence-electron chi connectivity index (χ3n) is 7.20. The molecule has 1 atom stereocenters. The molecule has 1 aromatic heterocycles. The van der Waals surface area contributed by atoms with E-state index in [-0.39, 0.29) is 35.0 Å². The number of aromatic nitrogens is 1. The summed E-state index contributed by atoms with van der Waals surface area (Å²) in [5.41, 5.74) is 2.56. The zero-order chi connectivity index (χ0) is 29.8. The Bertz CT molecular complexity index is 1620. The summed E-state index contributed by atoms with van der Waals surface area (Å²) in [4.78, 5) is 44.5. The number of hydrogen-bond acceptors (Lipinski definition) is 5. The quantitative estimate of drug-likeness (QED) is 0.275. The van der Waals surface area contributed by atoms with E-state index in [1.165, 1.54) is 13.2 Å². The van der Waals surface area contributed by atoms with Crippen molar-refractivity contribution in [2.75, 3.05) is 25.5 Å². The lowest BCUT2D eigenvalue weighted by Crippen LogP contribution is -2.37. The van der Waals surface area contributed by atoms with Crippen molar-refractivity contribution < 1.29 is 27.9 Å². The topological polar surface area (TPSA) is 101 Å². The van der Waals surface area contributed by atoms with Crippen LogP contribution in [0.2, 0.25) is 5.02 Å². The first kappa shape index (κ1) is 28.9. The molecule has 0 saturated carbocycles. The number of fused-ring (bicyclic) bond motifs is 4. The van der Waals surface area contributed by atoms with Crippen molar-refractivity contribution in [3.05, 3.63) is 100 Å². The number of hydrogen-bond donors (Lipinski definition) is 2. The maximum Gasteiger partial charge on any atom is 0.411 e. The molecule has 11 heteroatoms. The summed E-state index contributed by atoms with van der Waals surface area (Å²) < 4.78 is 33.9. The zero-order valence-electron chi connectivity index (χ0n) is 22.6. The zero-order valence-corrected chi connectivity index (χ0v) is 23.4. The summed E-state index contributed by atoms with van der Waals surface area (Å²) in [6.07, 6.45) is 7.24. The van der Waals surface area contributed by atoms with Crippen molar-refractivity contribution in [2.24, 2.45) is 0 Å². The summed E-state index contributed by atoms with van der Waals surface area (Å²) >= 11 is 5.88. The van der Waals surface area contributed by atoms with Gasteiger partial charge in [0.05, 0.1) is 29.4 Å². The summed E-state index contributed by atoms with van der Waals surface area (Å²) in [5.74, 6) is -2.39. The van der Waals surface area contributed by atoms with E-state index < -0.39 is 29.7 Å². The molecule has 3 amide bonds. The minimum atomic E-state index is -0.893. The van der Waals surface area contributed by atoms with Gasteiger partial charge in [0, 0.05) is 36.6 Å². The van der Waals surface area contributed by atoms with Crippen molar-refractivity contribution in [3.8, 4) is 11.1 Å². The number of anilines is 1. The number of carbonyl (C=O) groups is 3. The number of nitrogens with one attached hydrogen (secondary N) is 2. The Balaban J connectivity index is 1.53. The van der Waals surface area contributed by atoms with E-state index in [2.05, 4.69) is 20.4 Å². The van der Waals surface area contributed by atoms with Gasteiger partial charge in [-0.2, -0.15) is 0 Å². The van der Waals surface area contributed by atoms with Crippen LogP contribution in [0.5, 0.6) is 0 Å². The van der Waals surface area contributed by atoms with Gasteiger partial charge in [-0.15, -0.1) is 0 Å². The summed E-state index contributed by atoms with van der Waals surface area (Å²) in [5, 5.41) is 5.26. The number of rotatable bonds is 3. The van der Waals surface area contributed by atoms with Crippen LogP contribution in [0.15, 0.2) is 66.9 Å². The van der Waals surface area contributed by atoms with Crippen molar-refractivity contribution in [1.29, 1.82) is 0 Å². The van der Waals surface area contributed by atoms with Crippen molar-refractivity contribution >= 4 is 40.8 Å². The lowest BCUT2D eigenvalue weighted by Gasteiger charge is -2.34. The van der Waals surface area contributed by atoms with Gasteiger partial charge in [0.1, 0.15) is 5.82 Å². The molecule has 2 aromatic carbocycles. The highest BCUT2D eigenvalue weighted by molar-refractivity contribution is 6.31. The molecule has 42 heavy (non-hydrogen) atoms. The first-order chi connectivity index (χ1) is 20.3. The van der Waals surface area contributed by atoms with E-state index in [0.717, 1.165) is 12.1 Å². The molecular formula is C31H27ClF2N4O4. The van der Waals surface area contributed by atoms with Gasteiger partial charge < -0.3 is 15.0 Å². The third kappa shape index (κ3) is 6.03. The van der Waals surface area contributed by atoms with Crippen LogP contribution in [-0.2, 0) is 9.53 Å². The Labute approximate surface area is 246 Å². The average Bonchev–Trinajstić information content (AvgIpc) is 2.99. The third-order valence-corrected chi connectivity index (χ3v) is 7.49. The number of methoxy groups -OCH3 is 1. The highest BCUT2D eigenvalue weighted by atomic mass is 35.5. The average molecular weight is 593 g/mol. The maximum atomic E-state index is 14.7. The van der Waals surface area contributed by atoms with Crippen molar-refractivity contribution in [3.63, 3.8) is 0 Å².